The second-order valence-electron chi connectivity index (χ2n) is 3.64. The van der Waals surface area contributed by atoms with E-state index in [4.69, 9.17) is 4.74 Å². The van der Waals surface area contributed by atoms with Gasteiger partial charge in [-0.05, 0) is 38.0 Å². The third-order valence-corrected chi connectivity index (χ3v) is 2.84. The molecule has 0 saturated heterocycles. The van der Waals surface area contributed by atoms with Crippen LogP contribution in [0.5, 0.6) is 0 Å². The molecule has 3 nitrogen and oxygen atoms in total. The molecule has 0 unspecified atom stereocenters. The predicted octanol–water partition coefficient (Wildman–Crippen LogP) is 1.92. The number of isocyanates is 1. The maximum absolute atomic E-state index is 9.83. The van der Waals surface area contributed by atoms with Crippen LogP contribution in [0, 0.1) is 5.92 Å². The van der Waals surface area contributed by atoms with Crippen LogP contribution in [0.4, 0.5) is 0 Å². The van der Waals surface area contributed by atoms with Crippen molar-refractivity contribution >= 4 is 6.08 Å². The molecule has 0 aromatic rings. The van der Waals surface area contributed by atoms with Crippen LogP contribution in [-0.4, -0.2) is 25.8 Å². The Hall–Kier alpha value is -0.660. The van der Waals surface area contributed by atoms with E-state index >= 15 is 0 Å². The summed E-state index contributed by atoms with van der Waals surface area (Å²) in [5, 5.41) is 0. The summed E-state index contributed by atoms with van der Waals surface area (Å²) >= 11 is 0. The number of aliphatic imine (C=N–C) groups is 1. The first-order chi connectivity index (χ1) is 6.36. The number of hydrogen-bond acceptors (Lipinski definition) is 3. The number of ether oxygens (including phenoxy) is 1. The Morgan fingerprint density at radius 2 is 2.08 bits per heavy atom. The fourth-order valence-electron chi connectivity index (χ4n) is 1.95. The summed E-state index contributed by atoms with van der Waals surface area (Å²) in [6.45, 7) is 0.645. The maximum atomic E-state index is 9.83. The van der Waals surface area contributed by atoms with E-state index in [0.717, 1.165) is 25.2 Å². The molecule has 0 radical (unpaired) electrons. The van der Waals surface area contributed by atoms with E-state index in [2.05, 4.69) is 4.99 Å². The zero-order valence-electron chi connectivity index (χ0n) is 8.16. The molecule has 0 N–H and O–H groups in total. The average molecular weight is 183 g/mol. The van der Waals surface area contributed by atoms with Crippen molar-refractivity contribution in [2.24, 2.45) is 10.9 Å². The van der Waals surface area contributed by atoms with Crippen LogP contribution in [-0.2, 0) is 9.53 Å². The fourth-order valence-corrected chi connectivity index (χ4v) is 1.95. The molecule has 1 rings (SSSR count). The van der Waals surface area contributed by atoms with Gasteiger partial charge in [-0.25, -0.2) is 9.79 Å². The highest BCUT2D eigenvalue weighted by molar-refractivity contribution is 5.32. The quantitative estimate of drug-likeness (QED) is 0.493. The van der Waals surface area contributed by atoms with Gasteiger partial charge in [0.25, 0.3) is 0 Å². The summed E-state index contributed by atoms with van der Waals surface area (Å²) < 4.78 is 5.28. The van der Waals surface area contributed by atoms with Crippen molar-refractivity contribution in [3.63, 3.8) is 0 Å². The lowest BCUT2D eigenvalue weighted by Crippen LogP contribution is -2.20. The summed E-state index contributed by atoms with van der Waals surface area (Å²) in [7, 11) is 1.78. The third kappa shape index (κ3) is 3.71. The van der Waals surface area contributed by atoms with Crippen molar-refractivity contribution in [1.29, 1.82) is 0 Å². The van der Waals surface area contributed by atoms with E-state index < -0.39 is 0 Å². The molecule has 0 atom stereocenters. The highest BCUT2D eigenvalue weighted by atomic mass is 16.5. The smallest absolute Gasteiger partial charge is 0.234 e. The Bertz CT molecular complexity index is 179. The zero-order chi connectivity index (χ0) is 9.52. The Morgan fingerprint density at radius 3 is 2.62 bits per heavy atom. The van der Waals surface area contributed by atoms with Gasteiger partial charge in [-0.1, -0.05) is 0 Å². The minimum absolute atomic E-state index is 0.464. The SMILES string of the molecule is COC1CCC(CCN=C=O)CC1. The Balaban J connectivity index is 2.13. The van der Waals surface area contributed by atoms with E-state index in [-0.39, 0.29) is 0 Å². The number of methoxy groups -OCH3 is 1. The molecule has 3 heteroatoms. The predicted molar refractivity (Wildman–Crippen MR) is 50.4 cm³/mol. The Morgan fingerprint density at radius 1 is 1.38 bits per heavy atom. The Labute approximate surface area is 79.2 Å². The third-order valence-electron chi connectivity index (χ3n) is 2.84. The highest BCUT2D eigenvalue weighted by Crippen LogP contribution is 2.27. The van der Waals surface area contributed by atoms with Crippen molar-refractivity contribution in [3.05, 3.63) is 0 Å². The first kappa shape index (κ1) is 10.4. The second-order valence-corrected chi connectivity index (χ2v) is 3.64. The normalized spacial score (nSPS) is 28.1. The second kappa shape index (κ2) is 5.90. The molecule has 0 amide bonds. The minimum atomic E-state index is 0.464. The van der Waals surface area contributed by atoms with Gasteiger partial charge in [-0.2, -0.15) is 0 Å². The van der Waals surface area contributed by atoms with Gasteiger partial charge in [0.05, 0.1) is 12.6 Å². The largest absolute Gasteiger partial charge is 0.381 e. The number of hydrogen-bond donors (Lipinski definition) is 0. The summed E-state index contributed by atoms with van der Waals surface area (Å²) in [4.78, 5) is 13.4. The van der Waals surface area contributed by atoms with Gasteiger partial charge < -0.3 is 4.74 Å². The van der Waals surface area contributed by atoms with Crippen LogP contribution in [0.3, 0.4) is 0 Å². The Kier molecular flexibility index (Phi) is 4.73. The molecule has 1 aliphatic carbocycles. The number of nitrogens with zero attached hydrogens (tertiary/aromatic N) is 1. The first-order valence-electron chi connectivity index (χ1n) is 4.93. The van der Waals surface area contributed by atoms with Crippen molar-refractivity contribution in [2.75, 3.05) is 13.7 Å². The van der Waals surface area contributed by atoms with E-state index in [9.17, 15) is 4.79 Å². The maximum Gasteiger partial charge on any atom is 0.234 e. The van der Waals surface area contributed by atoms with Crippen LogP contribution in [0.2, 0.25) is 0 Å². The van der Waals surface area contributed by atoms with Gasteiger partial charge in [0.2, 0.25) is 6.08 Å². The number of carbonyl (C=O) groups excluding carboxylic acids is 1. The average Bonchev–Trinajstić information content (AvgIpc) is 2.19. The lowest BCUT2D eigenvalue weighted by Gasteiger charge is -2.26. The molecule has 0 spiro atoms. The van der Waals surface area contributed by atoms with Gasteiger partial charge in [-0.15, -0.1) is 0 Å². The lowest BCUT2D eigenvalue weighted by atomic mass is 9.85. The molecule has 0 bridgehead atoms. The molecule has 0 aliphatic heterocycles. The van der Waals surface area contributed by atoms with E-state index in [0.29, 0.717) is 12.6 Å². The van der Waals surface area contributed by atoms with Crippen molar-refractivity contribution < 1.29 is 9.53 Å². The van der Waals surface area contributed by atoms with Crippen LogP contribution >= 0.6 is 0 Å². The molecule has 0 aromatic heterocycles. The molecule has 1 aliphatic rings. The van der Waals surface area contributed by atoms with Crippen molar-refractivity contribution in [2.45, 2.75) is 38.2 Å². The van der Waals surface area contributed by atoms with Crippen LogP contribution in [0.25, 0.3) is 0 Å². The topological polar surface area (TPSA) is 38.7 Å². The minimum Gasteiger partial charge on any atom is -0.381 e. The molecular weight excluding hydrogens is 166 g/mol. The first-order valence-corrected chi connectivity index (χ1v) is 4.93. The van der Waals surface area contributed by atoms with Crippen LogP contribution < -0.4 is 0 Å². The fraction of sp³-hybridized carbons (Fsp3) is 0.900. The van der Waals surface area contributed by atoms with Crippen molar-refractivity contribution in [3.8, 4) is 0 Å². The van der Waals surface area contributed by atoms with Crippen LogP contribution in [0.1, 0.15) is 32.1 Å². The molecule has 74 valence electrons. The number of rotatable bonds is 4. The van der Waals surface area contributed by atoms with Gasteiger partial charge >= 0.3 is 0 Å². The standard InChI is InChI=1S/C10H17NO2/c1-13-10-4-2-9(3-5-10)6-7-11-8-12/h9-10H,2-7H2,1H3. The van der Waals surface area contributed by atoms with Gasteiger partial charge in [0.1, 0.15) is 0 Å². The van der Waals surface area contributed by atoms with E-state index in [1.165, 1.54) is 12.8 Å². The van der Waals surface area contributed by atoms with Gasteiger partial charge in [-0.3, -0.25) is 0 Å². The summed E-state index contributed by atoms with van der Waals surface area (Å²) in [6.07, 6.45) is 7.82. The molecular formula is C10H17NO2. The molecule has 0 heterocycles. The zero-order valence-corrected chi connectivity index (χ0v) is 8.16. The summed E-state index contributed by atoms with van der Waals surface area (Å²) in [5.74, 6) is 0.739. The van der Waals surface area contributed by atoms with E-state index in [1.807, 2.05) is 0 Å². The summed E-state index contributed by atoms with van der Waals surface area (Å²) in [6, 6.07) is 0. The highest BCUT2D eigenvalue weighted by Gasteiger charge is 2.19. The van der Waals surface area contributed by atoms with Gasteiger partial charge in [0, 0.05) is 7.11 Å². The van der Waals surface area contributed by atoms with Crippen LogP contribution in [0.15, 0.2) is 4.99 Å². The van der Waals surface area contributed by atoms with E-state index in [1.54, 1.807) is 13.2 Å². The summed E-state index contributed by atoms with van der Waals surface area (Å²) in [5.41, 5.74) is 0. The molecule has 1 saturated carbocycles. The van der Waals surface area contributed by atoms with Gasteiger partial charge in [0.15, 0.2) is 0 Å². The molecule has 13 heavy (non-hydrogen) atoms. The monoisotopic (exact) mass is 183 g/mol. The lowest BCUT2D eigenvalue weighted by molar-refractivity contribution is 0.0559. The molecule has 0 aromatic carbocycles. The van der Waals surface area contributed by atoms with Crippen molar-refractivity contribution in [1.82, 2.24) is 0 Å². The molecule has 1 fully saturated rings.